The van der Waals surface area contributed by atoms with E-state index in [1.54, 1.807) is 19.9 Å². The molecule has 2 saturated heterocycles. The van der Waals surface area contributed by atoms with E-state index in [2.05, 4.69) is 34.7 Å². The highest BCUT2D eigenvalue weighted by Gasteiger charge is 2.38. The minimum Gasteiger partial charge on any atom is -0.507 e. The zero-order chi connectivity index (χ0) is 23.3. The molecule has 32 heavy (non-hydrogen) atoms. The van der Waals surface area contributed by atoms with Gasteiger partial charge in [-0.2, -0.15) is 0 Å². The molecule has 0 aromatic heterocycles. The number of aliphatic hydroxyl groups excluding tert-OH is 2. The third kappa shape index (κ3) is 5.80. The monoisotopic (exact) mass is 475 g/mol. The topological polar surface area (TPSA) is 63.8 Å². The highest BCUT2D eigenvalue weighted by atomic mass is 32.1. The van der Waals surface area contributed by atoms with Gasteiger partial charge in [-0.05, 0) is 56.8 Å². The molecule has 0 radical (unpaired) electrons. The molecule has 0 amide bonds. The number of allylic oxidation sites excluding steroid dienone is 5. The smallest absolute Gasteiger partial charge is 0.231 e. The minimum atomic E-state index is -1.36. The van der Waals surface area contributed by atoms with E-state index in [4.69, 9.17) is 0 Å². The zero-order valence-corrected chi connectivity index (χ0v) is 20.8. The third-order valence-corrected chi connectivity index (χ3v) is 7.27. The summed E-state index contributed by atoms with van der Waals surface area (Å²) in [6, 6.07) is 0. The first-order valence-electron chi connectivity index (χ1n) is 11.5. The Morgan fingerprint density at radius 1 is 1.00 bits per heavy atom. The fourth-order valence-electron chi connectivity index (χ4n) is 4.46. The van der Waals surface area contributed by atoms with Crippen LogP contribution in [0.1, 0.15) is 52.4 Å². The maximum atomic E-state index is 12.8. The van der Waals surface area contributed by atoms with Crippen LogP contribution >= 0.6 is 25.3 Å². The second-order valence-electron chi connectivity index (χ2n) is 8.75. The first-order valence-corrected chi connectivity index (χ1v) is 12.4. The Hall–Kier alpha value is -1.70. The van der Waals surface area contributed by atoms with Gasteiger partial charge in [-0.15, -0.1) is 12.6 Å². The van der Waals surface area contributed by atoms with E-state index in [0.717, 1.165) is 61.9 Å². The highest BCUT2D eigenvalue weighted by molar-refractivity contribution is 7.97. The van der Waals surface area contributed by atoms with Gasteiger partial charge < -0.3 is 15.1 Å². The van der Waals surface area contributed by atoms with E-state index in [-0.39, 0.29) is 16.9 Å². The molecule has 1 atom stereocenters. The molecule has 1 aliphatic carbocycles. The van der Waals surface area contributed by atoms with Gasteiger partial charge in [0, 0.05) is 37.6 Å². The van der Waals surface area contributed by atoms with Crippen molar-refractivity contribution in [3.05, 3.63) is 57.4 Å². The lowest BCUT2D eigenvalue weighted by atomic mass is 10.0. The van der Waals surface area contributed by atoms with Crippen molar-refractivity contribution in [3.63, 3.8) is 0 Å². The van der Waals surface area contributed by atoms with Crippen LogP contribution < -0.4 is 0 Å². The van der Waals surface area contributed by atoms with Crippen molar-refractivity contribution >= 4 is 36.1 Å². The van der Waals surface area contributed by atoms with Gasteiger partial charge in [0.15, 0.2) is 5.78 Å². The Morgan fingerprint density at radius 3 is 2.28 bits per heavy atom. The molecule has 3 aliphatic rings. The maximum Gasteiger partial charge on any atom is 0.231 e. The van der Waals surface area contributed by atoms with Gasteiger partial charge in [0.25, 0.3) is 0 Å². The lowest BCUT2D eigenvalue weighted by Crippen LogP contribution is -2.27. The molecule has 0 aromatic rings. The standard InChI is InChI=1S/C25H34N2O3S2/c1-17(9-11-19(31)26-13-5-3-6-14-26)21-23(28)22(25(30)24(21)29)18(2)10-12-20(32)27-15-7-4-8-16-27/h9-12,24,29H,3-8,13-16H2,1-2H3,(H2,28,30,31,32)/p+1. The van der Waals surface area contributed by atoms with Crippen molar-refractivity contribution in [1.29, 1.82) is 0 Å². The Labute approximate surface area is 202 Å². The number of nitrogens with zero attached hydrogens (tertiary/aromatic N) is 2. The molecule has 0 bridgehead atoms. The molecule has 2 aliphatic heterocycles. The van der Waals surface area contributed by atoms with Crippen LogP contribution in [0.4, 0.5) is 0 Å². The van der Waals surface area contributed by atoms with Gasteiger partial charge in [0.1, 0.15) is 25.0 Å². The number of Topliss-reactive ketones (excluding diaryl/α,β-unsaturated/α-hetero) is 1. The van der Waals surface area contributed by atoms with Gasteiger partial charge in [0.05, 0.1) is 10.6 Å². The molecule has 2 N–H and O–H groups in total. The van der Waals surface area contributed by atoms with Crippen LogP contribution in [0, 0.1) is 0 Å². The van der Waals surface area contributed by atoms with Crippen molar-refractivity contribution in [3.8, 4) is 0 Å². The summed E-state index contributed by atoms with van der Waals surface area (Å²) in [4.78, 5) is 15.0. The van der Waals surface area contributed by atoms with E-state index in [1.165, 1.54) is 12.8 Å². The van der Waals surface area contributed by atoms with E-state index in [1.807, 2.05) is 18.2 Å². The SMILES string of the molecule is CC(/C=C\C(S)=[N+]1CCCCC1)=C1C(O)=C(/C(C)=C/C=C(\S)N2CCCCC2)C(=O)C/1O. The number of carbonyl (C=O) groups is 1. The van der Waals surface area contributed by atoms with E-state index < -0.39 is 11.9 Å². The van der Waals surface area contributed by atoms with Crippen LogP contribution in [0.15, 0.2) is 57.4 Å². The van der Waals surface area contributed by atoms with Gasteiger partial charge in [0.2, 0.25) is 5.04 Å². The van der Waals surface area contributed by atoms with E-state index in [0.29, 0.717) is 11.1 Å². The van der Waals surface area contributed by atoms with Crippen LogP contribution in [0.25, 0.3) is 0 Å². The predicted octanol–water partition coefficient (Wildman–Crippen LogP) is 4.34. The molecule has 5 nitrogen and oxygen atoms in total. The van der Waals surface area contributed by atoms with Crippen LogP contribution in [-0.4, -0.2) is 62.8 Å². The number of aliphatic hydroxyl groups is 2. The van der Waals surface area contributed by atoms with Crippen LogP contribution in [-0.2, 0) is 4.79 Å². The number of hydrogen-bond donors (Lipinski definition) is 4. The molecule has 7 heteroatoms. The molecule has 0 aromatic carbocycles. The summed E-state index contributed by atoms with van der Waals surface area (Å²) in [6.07, 6.45) is 13.1. The molecule has 2 fully saturated rings. The summed E-state index contributed by atoms with van der Waals surface area (Å²) < 4.78 is 2.22. The van der Waals surface area contributed by atoms with Gasteiger partial charge in [-0.3, -0.25) is 4.79 Å². The highest BCUT2D eigenvalue weighted by Crippen LogP contribution is 2.34. The predicted molar refractivity (Wildman–Crippen MR) is 137 cm³/mol. The van der Waals surface area contributed by atoms with Crippen molar-refractivity contribution in [2.24, 2.45) is 0 Å². The number of ketones is 1. The number of carbonyl (C=O) groups excluding carboxylic acids is 1. The summed E-state index contributed by atoms with van der Waals surface area (Å²) in [5, 5.41) is 23.1. The summed E-state index contributed by atoms with van der Waals surface area (Å²) in [5.74, 6) is -0.624. The minimum absolute atomic E-state index is 0.149. The Balaban J connectivity index is 1.84. The lowest BCUT2D eigenvalue weighted by Gasteiger charge is -2.28. The molecule has 1 unspecified atom stereocenters. The normalized spacial score (nSPS) is 25.3. The molecule has 3 rings (SSSR count). The summed E-state index contributed by atoms with van der Waals surface area (Å²) >= 11 is 9.19. The second kappa shape index (κ2) is 11.4. The number of thiol groups is 2. The zero-order valence-electron chi connectivity index (χ0n) is 19.0. The largest absolute Gasteiger partial charge is 0.507 e. The number of likely N-dealkylation sites (tertiary alicyclic amines) is 1. The maximum absolute atomic E-state index is 12.8. The van der Waals surface area contributed by atoms with Gasteiger partial charge >= 0.3 is 0 Å². The fourth-order valence-corrected chi connectivity index (χ4v) is 5.01. The van der Waals surface area contributed by atoms with Crippen molar-refractivity contribution < 1.29 is 19.6 Å². The van der Waals surface area contributed by atoms with Gasteiger partial charge in [-0.25, -0.2) is 4.58 Å². The average molecular weight is 476 g/mol. The van der Waals surface area contributed by atoms with Crippen molar-refractivity contribution in [2.75, 3.05) is 26.2 Å². The summed E-state index contributed by atoms with van der Waals surface area (Å²) in [7, 11) is 0. The molecule has 2 heterocycles. The average Bonchev–Trinajstić information content (AvgIpc) is 3.04. The van der Waals surface area contributed by atoms with E-state index in [9.17, 15) is 15.0 Å². The number of piperidine rings is 2. The lowest BCUT2D eigenvalue weighted by molar-refractivity contribution is -0.534. The van der Waals surface area contributed by atoms with Crippen LogP contribution in [0.2, 0.25) is 0 Å². The Morgan fingerprint density at radius 2 is 1.62 bits per heavy atom. The summed E-state index contributed by atoms with van der Waals surface area (Å²) in [6.45, 7) is 7.49. The van der Waals surface area contributed by atoms with Crippen molar-refractivity contribution in [2.45, 2.75) is 58.5 Å². The Bertz CT molecular complexity index is 927. The Kier molecular flexibility index (Phi) is 8.91. The molecule has 0 spiro atoms. The first-order chi connectivity index (χ1) is 15.3. The fraction of sp³-hybridized carbons (Fsp3) is 0.520. The quantitative estimate of drug-likeness (QED) is 0.207. The van der Waals surface area contributed by atoms with Crippen molar-refractivity contribution in [1.82, 2.24) is 4.90 Å². The molecule has 0 saturated carbocycles. The van der Waals surface area contributed by atoms with E-state index >= 15 is 0 Å². The molecular formula is C25H35N2O3S2+. The third-order valence-electron chi connectivity index (χ3n) is 6.40. The second-order valence-corrected chi connectivity index (χ2v) is 9.66. The molecular weight excluding hydrogens is 440 g/mol. The number of hydrogen-bond acceptors (Lipinski definition) is 5. The molecule has 174 valence electrons. The van der Waals surface area contributed by atoms with Crippen LogP contribution in [0.3, 0.4) is 0 Å². The summed E-state index contributed by atoms with van der Waals surface area (Å²) in [5.41, 5.74) is 1.69. The van der Waals surface area contributed by atoms with Crippen LogP contribution in [0.5, 0.6) is 0 Å². The number of rotatable bonds is 5. The first kappa shape index (κ1) is 24.9. The van der Waals surface area contributed by atoms with Gasteiger partial charge in [-0.1, -0.05) is 24.8 Å².